The molecule has 3 atom stereocenters. The third kappa shape index (κ3) is 3.60. The van der Waals surface area contributed by atoms with Gasteiger partial charge in [-0.1, -0.05) is 12.1 Å². The number of benzene rings is 1. The largest absolute Gasteiger partial charge is 0.464 e. The zero-order valence-electron chi connectivity index (χ0n) is 18.0. The molecule has 1 saturated carbocycles. The molecular formula is C25H25NO6. The highest BCUT2D eigenvalue weighted by molar-refractivity contribution is 6.11. The molecule has 0 radical (unpaired) electrons. The van der Waals surface area contributed by atoms with Crippen molar-refractivity contribution in [2.45, 2.75) is 51.0 Å². The molecule has 5 rings (SSSR count). The zero-order chi connectivity index (χ0) is 22.2. The van der Waals surface area contributed by atoms with Crippen molar-refractivity contribution >= 4 is 28.4 Å². The summed E-state index contributed by atoms with van der Waals surface area (Å²) < 4.78 is 16.9. The van der Waals surface area contributed by atoms with E-state index < -0.39 is 17.8 Å². The Morgan fingerprint density at radius 1 is 1.16 bits per heavy atom. The van der Waals surface area contributed by atoms with E-state index in [-0.39, 0.29) is 29.5 Å². The van der Waals surface area contributed by atoms with E-state index in [9.17, 15) is 14.4 Å². The van der Waals surface area contributed by atoms with Crippen LogP contribution in [-0.2, 0) is 19.1 Å². The van der Waals surface area contributed by atoms with Gasteiger partial charge in [0.15, 0.2) is 5.43 Å². The van der Waals surface area contributed by atoms with Crippen LogP contribution in [0.25, 0.3) is 11.0 Å². The van der Waals surface area contributed by atoms with Crippen LogP contribution in [0.5, 0.6) is 0 Å². The second-order valence-electron chi connectivity index (χ2n) is 8.63. The Balaban J connectivity index is 1.60. The maximum atomic E-state index is 13.4. The average molecular weight is 435 g/mol. The number of aliphatic imine (C=N–C) groups is 1. The van der Waals surface area contributed by atoms with Gasteiger partial charge in [0.05, 0.1) is 29.2 Å². The number of ketones is 1. The standard InChI is InChI=1S/C25H25NO6/c1-14-21(25(29)32-12-15-6-5-11-30-15)22(23-18(26-14)8-4-9-19(23)27)17-13-31-20-10-3-2-7-16(20)24(17)28/h2-3,7,10,13,15,22-23H,4-6,8-9,11-12H2,1H3/t15-,22+,23-/m1/s1. The summed E-state index contributed by atoms with van der Waals surface area (Å²) >= 11 is 0. The molecule has 1 aliphatic carbocycles. The second-order valence-corrected chi connectivity index (χ2v) is 8.63. The van der Waals surface area contributed by atoms with E-state index in [4.69, 9.17) is 13.9 Å². The number of nitrogens with zero attached hydrogens (tertiary/aromatic N) is 1. The molecular weight excluding hydrogens is 410 g/mol. The fourth-order valence-corrected chi connectivity index (χ4v) is 5.05. The maximum Gasteiger partial charge on any atom is 0.336 e. The van der Waals surface area contributed by atoms with Crippen molar-refractivity contribution < 1.29 is 23.5 Å². The first-order valence-corrected chi connectivity index (χ1v) is 11.1. The molecule has 2 aromatic rings. The van der Waals surface area contributed by atoms with Gasteiger partial charge in [-0.05, 0) is 44.7 Å². The molecule has 2 fully saturated rings. The normalized spacial score (nSPS) is 25.6. The molecule has 32 heavy (non-hydrogen) atoms. The van der Waals surface area contributed by atoms with Crippen molar-refractivity contribution in [3.63, 3.8) is 0 Å². The molecule has 1 aromatic heterocycles. The van der Waals surface area contributed by atoms with Crippen molar-refractivity contribution in [1.82, 2.24) is 0 Å². The van der Waals surface area contributed by atoms with E-state index in [2.05, 4.69) is 4.99 Å². The Morgan fingerprint density at radius 2 is 2.00 bits per heavy atom. The molecule has 0 bridgehead atoms. The number of carbonyl (C=O) groups excluding carboxylic acids is 2. The average Bonchev–Trinajstić information content (AvgIpc) is 3.31. The van der Waals surface area contributed by atoms with Gasteiger partial charge in [-0.3, -0.25) is 14.6 Å². The van der Waals surface area contributed by atoms with Crippen molar-refractivity contribution in [2.24, 2.45) is 10.9 Å². The van der Waals surface area contributed by atoms with Crippen LogP contribution in [0.1, 0.15) is 50.5 Å². The summed E-state index contributed by atoms with van der Waals surface area (Å²) in [5, 5.41) is 0.419. The Kier molecular flexibility index (Phi) is 5.51. The van der Waals surface area contributed by atoms with Gasteiger partial charge in [-0.15, -0.1) is 0 Å². The van der Waals surface area contributed by atoms with Gasteiger partial charge in [0.25, 0.3) is 0 Å². The minimum Gasteiger partial charge on any atom is -0.464 e. The predicted molar refractivity (Wildman–Crippen MR) is 118 cm³/mol. The Morgan fingerprint density at radius 3 is 2.81 bits per heavy atom. The van der Waals surface area contributed by atoms with Crippen molar-refractivity contribution in [2.75, 3.05) is 13.2 Å². The summed E-state index contributed by atoms with van der Waals surface area (Å²) in [6.07, 6.45) is 4.84. The van der Waals surface area contributed by atoms with E-state index in [0.29, 0.717) is 41.7 Å². The Hall–Kier alpha value is -3.06. The second kappa shape index (κ2) is 8.47. The van der Waals surface area contributed by atoms with Crippen LogP contribution >= 0.6 is 0 Å². The fourth-order valence-electron chi connectivity index (χ4n) is 5.05. The molecule has 3 aliphatic rings. The van der Waals surface area contributed by atoms with Gasteiger partial charge in [0.2, 0.25) is 0 Å². The number of ether oxygens (including phenoxy) is 2. The van der Waals surface area contributed by atoms with Crippen molar-refractivity contribution in [3.8, 4) is 0 Å². The number of hydrogen-bond acceptors (Lipinski definition) is 7. The third-order valence-corrected chi connectivity index (χ3v) is 6.59. The van der Waals surface area contributed by atoms with Crippen LogP contribution in [0, 0.1) is 5.92 Å². The van der Waals surface area contributed by atoms with Crippen LogP contribution in [0.15, 0.2) is 56.0 Å². The molecule has 1 saturated heterocycles. The van der Waals surface area contributed by atoms with Crippen LogP contribution in [0.4, 0.5) is 0 Å². The number of allylic oxidation sites excluding steroid dienone is 1. The third-order valence-electron chi connectivity index (χ3n) is 6.59. The van der Waals surface area contributed by atoms with Crippen LogP contribution in [-0.4, -0.2) is 36.8 Å². The molecule has 7 heteroatoms. The van der Waals surface area contributed by atoms with E-state index >= 15 is 0 Å². The van der Waals surface area contributed by atoms with Gasteiger partial charge in [-0.25, -0.2) is 4.79 Å². The maximum absolute atomic E-state index is 13.4. The molecule has 166 valence electrons. The lowest BCUT2D eigenvalue weighted by atomic mass is 9.69. The highest BCUT2D eigenvalue weighted by Gasteiger charge is 2.45. The van der Waals surface area contributed by atoms with Crippen LogP contribution in [0.2, 0.25) is 0 Å². The van der Waals surface area contributed by atoms with Crippen molar-refractivity contribution in [3.05, 3.63) is 57.6 Å². The number of hydrogen-bond donors (Lipinski definition) is 0. The van der Waals surface area contributed by atoms with Gasteiger partial charge >= 0.3 is 5.97 Å². The number of esters is 1. The predicted octanol–water partition coefficient (Wildman–Crippen LogP) is 3.70. The first kappa shape index (κ1) is 20.8. The summed E-state index contributed by atoms with van der Waals surface area (Å²) in [6, 6.07) is 6.97. The lowest BCUT2D eigenvalue weighted by Crippen LogP contribution is -2.40. The Labute approximate surface area is 185 Å². The monoisotopic (exact) mass is 435 g/mol. The number of Topliss-reactive ketones (excluding diaryl/α,β-unsaturated/α-hetero) is 1. The summed E-state index contributed by atoms with van der Waals surface area (Å²) in [5.41, 5.74) is 1.99. The number of rotatable bonds is 4. The SMILES string of the molecule is CC1=C(C(=O)OC[C@H]2CCCO2)[C@H](c2coc3ccccc3c2=O)[C@H]2C(=O)CCCC2=N1. The lowest BCUT2D eigenvalue weighted by Gasteiger charge is -2.35. The van der Waals surface area contributed by atoms with Gasteiger partial charge in [-0.2, -0.15) is 0 Å². The smallest absolute Gasteiger partial charge is 0.336 e. The van der Waals surface area contributed by atoms with Gasteiger partial charge in [0, 0.05) is 35.9 Å². The summed E-state index contributed by atoms with van der Waals surface area (Å²) in [5.74, 6) is -1.99. The summed E-state index contributed by atoms with van der Waals surface area (Å²) in [4.78, 5) is 44.3. The number of para-hydroxylation sites is 1. The first-order chi connectivity index (χ1) is 15.5. The molecule has 2 aliphatic heterocycles. The zero-order valence-corrected chi connectivity index (χ0v) is 18.0. The van der Waals surface area contributed by atoms with Gasteiger partial charge < -0.3 is 13.9 Å². The van der Waals surface area contributed by atoms with E-state index in [1.54, 1.807) is 31.2 Å². The molecule has 0 amide bonds. The quantitative estimate of drug-likeness (QED) is 0.680. The Bertz CT molecular complexity index is 1200. The topological polar surface area (TPSA) is 95.2 Å². The van der Waals surface area contributed by atoms with E-state index in [1.807, 2.05) is 0 Å². The molecule has 3 heterocycles. The van der Waals surface area contributed by atoms with Gasteiger partial charge in [0.1, 0.15) is 18.0 Å². The minimum absolute atomic E-state index is 0.00974. The van der Waals surface area contributed by atoms with Crippen molar-refractivity contribution in [1.29, 1.82) is 0 Å². The molecule has 0 unspecified atom stereocenters. The summed E-state index contributed by atoms with van der Waals surface area (Å²) in [7, 11) is 0. The van der Waals surface area contributed by atoms with E-state index in [1.165, 1.54) is 6.26 Å². The number of carbonyl (C=O) groups is 2. The molecule has 0 N–H and O–H groups in total. The number of fused-ring (bicyclic) bond motifs is 2. The molecule has 0 spiro atoms. The lowest BCUT2D eigenvalue weighted by molar-refractivity contribution is -0.142. The molecule has 1 aromatic carbocycles. The summed E-state index contributed by atoms with van der Waals surface area (Å²) in [6.45, 7) is 2.54. The highest BCUT2D eigenvalue weighted by Crippen LogP contribution is 2.42. The highest BCUT2D eigenvalue weighted by atomic mass is 16.6. The van der Waals surface area contributed by atoms with Crippen LogP contribution in [0.3, 0.4) is 0 Å². The minimum atomic E-state index is -0.770. The fraction of sp³-hybridized carbons (Fsp3) is 0.440. The molecule has 7 nitrogen and oxygen atoms in total. The first-order valence-electron chi connectivity index (χ1n) is 11.1. The van der Waals surface area contributed by atoms with E-state index in [0.717, 1.165) is 25.0 Å². The van der Waals surface area contributed by atoms with Crippen LogP contribution < -0.4 is 5.43 Å².